The lowest BCUT2D eigenvalue weighted by Crippen LogP contribution is -2.64. The summed E-state index contributed by atoms with van der Waals surface area (Å²) >= 11 is 0. The number of carbonyl (C=O) groups excluding carboxylic acids is 1. The molecule has 1 amide bonds. The number of rotatable bonds is 5. The van der Waals surface area contributed by atoms with E-state index in [-0.39, 0.29) is 18.2 Å². The first-order chi connectivity index (χ1) is 15.7. The van der Waals surface area contributed by atoms with Gasteiger partial charge in [-0.25, -0.2) is 0 Å². The van der Waals surface area contributed by atoms with Crippen LogP contribution in [0.15, 0.2) is 91.3 Å². The molecule has 3 atom stereocenters. The zero-order valence-electron chi connectivity index (χ0n) is 17.7. The number of carbonyl (C=O) groups is 1. The average molecular weight is 427 g/mol. The minimum Gasteiger partial charge on any atom is -0.387 e. The molecule has 2 aromatic carbocycles. The number of aromatic nitrogens is 1. The number of aliphatic hydroxyl groups is 1. The molecular weight excluding hydrogens is 400 g/mol. The molecule has 2 N–H and O–H groups in total. The van der Waals surface area contributed by atoms with Gasteiger partial charge in [-0.1, -0.05) is 60.7 Å². The second kappa shape index (κ2) is 8.94. The van der Waals surface area contributed by atoms with Crippen LogP contribution in [-0.2, 0) is 4.79 Å². The fourth-order valence-corrected chi connectivity index (χ4v) is 4.53. The summed E-state index contributed by atoms with van der Waals surface area (Å²) in [5.41, 5.74) is 3.73. The smallest absolute Gasteiger partial charge is 0.251 e. The zero-order valence-corrected chi connectivity index (χ0v) is 17.7. The van der Waals surface area contributed by atoms with Gasteiger partial charge >= 0.3 is 0 Å². The summed E-state index contributed by atoms with van der Waals surface area (Å²) in [4.78, 5) is 21.1. The van der Waals surface area contributed by atoms with Gasteiger partial charge in [0.2, 0.25) is 0 Å². The summed E-state index contributed by atoms with van der Waals surface area (Å²) in [6.45, 7) is 0.995. The van der Waals surface area contributed by atoms with E-state index in [1.165, 1.54) is 5.56 Å². The van der Waals surface area contributed by atoms with Gasteiger partial charge in [-0.3, -0.25) is 15.1 Å². The monoisotopic (exact) mass is 426 g/mol. The second-order valence-electron chi connectivity index (χ2n) is 8.17. The highest BCUT2D eigenvalue weighted by molar-refractivity contribution is 5.96. The van der Waals surface area contributed by atoms with E-state index < -0.39 is 6.10 Å². The van der Waals surface area contributed by atoms with Crippen molar-refractivity contribution in [2.75, 3.05) is 13.1 Å². The molecule has 2 aliphatic rings. The van der Waals surface area contributed by atoms with E-state index in [9.17, 15) is 9.90 Å². The molecule has 3 heterocycles. The summed E-state index contributed by atoms with van der Waals surface area (Å²) in [6.07, 6.45) is 4.90. The van der Waals surface area contributed by atoms with Crippen LogP contribution >= 0.6 is 0 Å². The number of amides is 1. The van der Waals surface area contributed by atoms with Crippen molar-refractivity contribution in [1.82, 2.24) is 20.1 Å². The lowest BCUT2D eigenvalue weighted by molar-refractivity contribution is -0.138. The molecule has 0 spiro atoms. The number of aliphatic hydroxyl groups excluding tert-OH is 1. The number of benzene rings is 2. The Morgan fingerprint density at radius 2 is 1.69 bits per heavy atom. The lowest BCUT2D eigenvalue weighted by Gasteiger charge is -2.50. The summed E-state index contributed by atoms with van der Waals surface area (Å²) < 4.78 is 0. The van der Waals surface area contributed by atoms with Crippen molar-refractivity contribution >= 4 is 11.6 Å². The van der Waals surface area contributed by atoms with Crippen LogP contribution in [0.3, 0.4) is 0 Å². The molecule has 1 saturated heterocycles. The van der Waals surface area contributed by atoms with Crippen molar-refractivity contribution in [3.63, 3.8) is 0 Å². The Hall–Kier alpha value is -3.48. The van der Waals surface area contributed by atoms with E-state index in [1.807, 2.05) is 65.6 Å². The molecule has 1 aromatic heterocycles. The van der Waals surface area contributed by atoms with Gasteiger partial charge in [0, 0.05) is 36.6 Å². The largest absolute Gasteiger partial charge is 0.387 e. The summed E-state index contributed by atoms with van der Waals surface area (Å²) in [5.74, 6) is -0.0220. The highest BCUT2D eigenvalue weighted by Gasteiger charge is 2.40. The maximum Gasteiger partial charge on any atom is 0.251 e. The SMILES string of the molecule is O=C1C=C(c2ccncc2)N(C[C@H](O)c2ccccc2)C2NC(c3ccccc3)CCN12. The maximum absolute atomic E-state index is 13.1. The minimum atomic E-state index is -0.699. The van der Waals surface area contributed by atoms with Crippen LogP contribution in [0.5, 0.6) is 0 Å². The van der Waals surface area contributed by atoms with Crippen LogP contribution in [0.2, 0.25) is 0 Å². The van der Waals surface area contributed by atoms with Crippen LogP contribution in [0.4, 0.5) is 0 Å². The van der Waals surface area contributed by atoms with Crippen molar-refractivity contribution < 1.29 is 9.90 Å². The molecule has 5 rings (SSSR count). The fraction of sp³-hybridized carbons (Fsp3) is 0.231. The Bertz CT molecular complexity index is 1090. The molecule has 162 valence electrons. The van der Waals surface area contributed by atoms with Crippen LogP contribution in [0.1, 0.15) is 35.3 Å². The molecule has 0 radical (unpaired) electrons. The molecule has 3 aromatic rings. The first-order valence-corrected chi connectivity index (χ1v) is 10.9. The minimum absolute atomic E-state index is 0.0220. The van der Waals surface area contributed by atoms with Crippen LogP contribution < -0.4 is 5.32 Å². The Balaban J connectivity index is 1.51. The molecule has 32 heavy (non-hydrogen) atoms. The first-order valence-electron chi connectivity index (χ1n) is 10.9. The van der Waals surface area contributed by atoms with Gasteiger partial charge in [-0.15, -0.1) is 0 Å². The summed E-state index contributed by atoms with van der Waals surface area (Å²) in [5, 5.41) is 14.7. The van der Waals surface area contributed by atoms with E-state index in [4.69, 9.17) is 0 Å². The normalized spacial score (nSPS) is 21.7. The zero-order chi connectivity index (χ0) is 21.9. The maximum atomic E-state index is 13.1. The highest BCUT2D eigenvalue weighted by atomic mass is 16.3. The number of hydrogen-bond donors (Lipinski definition) is 2. The molecule has 2 unspecified atom stereocenters. The number of fused-ring (bicyclic) bond motifs is 1. The lowest BCUT2D eigenvalue weighted by atomic mass is 9.99. The molecule has 1 fully saturated rings. The van der Waals surface area contributed by atoms with Crippen LogP contribution in [0.25, 0.3) is 5.70 Å². The molecular formula is C26H26N4O2. The molecule has 6 nitrogen and oxygen atoms in total. The van der Waals surface area contributed by atoms with Crippen LogP contribution in [-0.4, -0.2) is 45.2 Å². The number of nitrogens with one attached hydrogen (secondary N) is 1. The Labute approximate surface area is 187 Å². The van der Waals surface area contributed by atoms with Gasteiger partial charge in [-0.2, -0.15) is 0 Å². The van der Waals surface area contributed by atoms with Crippen molar-refractivity contribution in [3.05, 3.63) is 108 Å². The van der Waals surface area contributed by atoms with Gasteiger partial charge in [0.15, 0.2) is 6.29 Å². The third kappa shape index (κ3) is 4.02. The Morgan fingerprint density at radius 1 is 1.00 bits per heavy atom. The third-order valence-corrected chi connectivity index (χ3v) is 6.18. The van der Waals surface area contributed by atoms with E-state index in [0.29, 0.717) is 13.1 Å². The number of nitrogens with zero attached hydrogens (tertiary/aromatic N) is 3. The van der Waals surface area contributed by atoms with Gasteiger partial charge < -0.3 is 14.9 Å². The summed E-state index contributed by atoms with van der Waals surface area (Å²) in [6, 6.07) is 23.9. The van der Waals surface area contributed by atoms with E-state index in [1.54, 1.807) is 18.5 Å². The first kappa shape index (κ1) is 20.4. The van der Waals surface area contributed by atoms with E-state index in [2.05, 4.69) is 27.3 Å². The number of β-amino-alcohol motifs (C(OH)–C–C–N with tert-alkyl or cyclic N) is 1. The van der Waals surface area contributed by atoms with E-state index in [0.717, 1.165) is 23.2 Å². The van der Waals surface area contributed by atoms with Crippen molar-refractivity contribution in [1.29, 1.82) is 0 Å². The summed E-state index contributed by atoms with van der Waals surface area (Å²) in [7, 11) is 0. The number of pyridine rings is 1. The Kier molecular flexibility index (Phi) is 5.71. The van der Waals surface area contributed by atoms with Crippen LogP contribution in [0, 0.1) is 0 Å². The van der Waals surface area contributed by atoms with Gasteiger partial charge in [0.05, 0.1) is 18.3 Å². The average Bonchev–Trinajstić information content (AvgIpc) is 2.87. The molecule has 6 heteroatoms. The molecule has 0 aliphatic carbocycles. The second-order valence-corrected chi connectivity index (χ2v) is 8.17. The predicted molar refractivity (Wildman–Crippen MR) is 123 cm³/mol. The molecule has 2 aliphatic heterocycles. The van der Waals surface area contributed by atoms with Gasteiger partial charge in [-0.05, 0) is 29.7 Å². The van der Waals surface area contributed by atoms with E-state index >= 15 is 0 Å². The van der Waals surface area contributed by atoms with Crippen molar-refractivity contribution in [2.24, 2.45) is 0 Å². The van der Waals surface area contributed by atoms with Gasteiger partial charge in [0.1, 0.15) is 0 Å². The highest BCUT2D eigenvalue weighted by Crippen LogP contribution is 2.34. The number of hydrogen-bond acceptors (Lipinski definition) is 5. The standard InChI is InChI=1S/C26H26N4O2/c31-24(21-9-5-2-6-10-21)18-30-23(20-11-14-27-15-12-20)17-25(32)29-16-13-22(28-26(29)30)19-7-3-1-4-8-19/h1-12,14-15,17,22,24,26,28,31H,13,16,18H2/t22?,24-,26?/m0/s1. The topological polar surface area (TPSA) is 68.7 Å². The fourth-order valence-electron chi connectivity index (χ4n) is 4.53. The third-order valence-electron chi connectivity index (χ3n) is 6.18. The molecule has 0 bridgehead atoms. The molecule has 0 saturated carbocycles. The predicted octanol–water partition coefficient (Wildman–Crippen LogP) is 3.32. The van der Waals surface area contributed by atoms with Crippen molar-refractivity contribution in [2.45, 2.75) is 24.9 Å². The Morgan fingerprint density at radius 3 is 2.41 bits per heavy atom. The quantitative estimate of drug-likeness (QED) is 0.655. The van der Waals surface area contributed by atoms with Crippen molar-refractivity contribution in [3.8, 4) is 0 Å². The van der Waals surface area contributed by atoms with Gasteiger partial charge in [0.25, 0.3) is 5.91 Å².